The van der Waals surface area contributed by atoms with Gasteiger partial charge in [0.2, 0.25) is 0 Å². The van der Waals surface area contributed by atoms with E-state index < -0.39 is 6.10 Å². The van der Waals surface area contributed by atoms with Crippen LogP contribution in [0.4, 0.5) is 0 Å². The van der Waals surface area contributed by atoms with Crippen LogP contribution in [-0.4, -0.2) is 22.5 Å². The van der Waals surface area contributed by atoms with Crippen LogP contribution >= 0.6 is 11.3 Å². The van der Waals surface area contributed by atoms with E-state index in [2.05, 4.69) is 5.32 Å². The van der Waals surface area contributed by atoms with E-state index in [4.69, 9.17) is 4.98 Å². The third-order valence-corrected chi connectivity index (χ3v) is 5.63. The molecular formula is C23H20N2O2S. The van der Waals surface area contributed by atoms with E-state index in [-0.39, 0.29) is 12.5 Å². The third-order valence-electron chi connectivity index (χ3n) is 4.74. The molecule has 2 aromatic carbocycles. The Kier molecular flexibility index (Phi) is 5.19. The molecule has 28 heavy (non-hydrogen) atoms. The standard InChI is InChI=1S/C23H20N2O2S/c1-15-7-2-3-8-16(15)21(26)14-24-23(27)18-13-20(22-11-6-12-28-22)25-19-10-5-4-9-17(18)19/h2-13,21,26H,14H2,1H3,(H,24,27). The number of nitrogens with zero attached hydrogens (tertiary/aromatic N) is 1. The van der Waals surface area contributed by atoms with Gasteiger partial charge in [-0.3, -0.25) is 4.79 Å². The molecule has 5 heteroatoms. The average molecular weight is 388 g/mol. The van der Waals surface area contributed by atoms with Gasteiger partial charge in [-0.25, -0.2) is 4.98 Å². The number of aliphatic hydroxyl groups excluding tert-OH is 1. The summed E-state index contributed by atoms with van der Waals surface area (Å²) in [6, 6.07) is 21.0. The first kappa shape index (κ1) is 18.3. The van der Waals surface area contributed by atoms with Crippen LogP contribution < -0.4 is 5.32 Å². The second-order valence-corrected chi connectivity index (χ2v) is 7.58. The number of carbonyl (C=O) groups excluding carboxylic acids is 1. The number of hydrogen-bond donors (Lipinski definition) is 2. The van der Waals surface area contributed by atoms with Gasteiger partial charge in [-0.1, -0.05) is 48.5 Å². The molecule has 0 fully saturated rings. The lowest BCUT2D eigenvalue weighted by Crippen LogP contribution is -2.29. The molecule has 2 heterocycles. The van der Waals surface area contributed by atoms with Crippen molar-refractivity contribution in [3.8, 4) is 10.6 Å². The van der Waals surface area contributed by atoms with Crippen molar-refractivity contribution in [2.24, 2.45) is 0 Å². The number of hydrogen-bond acceptors (Lipinski definition) is 4. The first-order chi connectivity index (χ1) is 13.6. The predicted octanol–water partition coefficient (Wildman–Crippen LogP) is 4.74. The molecule has 4 rings (SSSR count). The van der Waals surface area contributed by atoms with Gasteiger partial charge in [0.1, 0.15) is 0 Å². The fraction of sp³-hybridized carbons (Fsp3) is 0.130. The Morgan fingerprint density at radius 3 is 2.68 bits per heavy atom. The van der Waals surface area contributed by atoms with Crippen molar-refractivity contribution in [1.29, 1.82) is 0 Å². The van der Waals surface area contributed by atoms with Crippen LogP contribution in [0.25, 0.3) is 21.5 Å². The number of aromatic nitrogens is 1. The van der Waals surface area contributed by atoms with E-state index in [0.717, 1.165) is 32.6 Å². The lowest BCUT2D eigenvalue weighted by molar-refractivity contribution is 0.0917. The quantitative estimate of drug-likeness (QED) is 0.519. The highest BCUT2D eigenvalue weighted by molar-refractivity contribution is 7.13. The maximum Gasteiger partial charge on any atom is 0.252 e. The van der Waals surface area contributed by atoms with Crippen molar-refractivity contribution in [3.05, 3.63) is 88.8 Å². The number of pyridine rings is 1. The van der Waals surface area contributed by atoms with Gasteiger partial charge in [-0.2, -0.15) is 0 Å². The largest absolute Gasteiger partial charge is 0.387 e. The average Bonchev–Trinajstić information content (AvgIpc) is 3.26. The van der Waals surface area contributed by atoms with Crippen molar-refractivity contribution in [1.82, 2.24) is 10.3 Å². The molecule has 0 bridgehead atoms. The first-order valence-electron chi connectivity index (χ1n) is 9.09. The Morgan fingerprint density at radius 2 is 1.89 bits per heavy atom. The van der Waals surface area contributed by atoms with Crippen LogP contribution in [0.1, 0.15) is 27.6 Å². The summed E-state index contributed by atoms with van der Waals surface area (Å²) in [6.45, 7) is 2.10. The molecule has 4 aromatic rings. The summed E-state index contributed by atoms with van der Waals surface area (Å²) in [5.41, 5.74) is 3.93. The van der Waals surface area contributed by atoms with Gasteiger partial charge in [-0.05, 0) is 41.6 Å². The molecule has 0 radical (unpaired) electrons. The summed E-state index contributed by atoms with van der Waals surface area (Å²) in [5, 5.41) is 16.2. The van der Waals surface area contributed by atoms with E-state index in [9.17, 15) is 9.90 Å². The molecule has 0 saturated carbocycles. The van der Waals surface area contributed by atoms with E-state index in [0.29, 0.717) is 5.56 Å². The molecule has 0 saturated heterocycles. The van der Waals surface area contributed by atoms with E-state index in [1.165, 1.54) is 0 Å². The Morgan fingerprint density at radius 1 is 1.11 bits per heavy atom. The number of rotatable bonds is 5. The van der Waals surface area contributed by atoms with Gasteiger partial charge in [0.05, 0.1) is 27.8 Å². The number of carbonyl (C=O) groups is 1. The molecule has 2 N–H and O–H groups in total. The van der Waals surface area contributed by atoms with Crippen molar-refractivity contribution < 1.29 is 9.90 Å². The summed E-state index contributed by atoms with van der Waals surface area (Å²) < 4.78 is 0. The zero-order chi connectivity index (χ0) is 19.5. The van der Waals surface area contributed by atoms with Crippen molar-refractivity contribution in [3.63, 3.8) is 0 Å². The Hall–Kier alpha value is -3.02. The van der Waals surface area contributed by atoms with Gasteiger partial charge >= 0.3 is 0 Å². The highest BCUT2D eigenvalue weighted by Gasteiger charge is 2.16. The van der Waals surface area contributed by atoms with Gasteiger partial charge in [0.15, 0.2) is 0 Å². The fourth-order valence-electron chi connectivity index (χ4n) is 3.27. The molecule has 0 aliphatic heterocycles. The molecular weight excluding hydrogens is 368 g/mol. The maximum atomic E-state index is 13.0. The monoisotopic (exact) mass is 388 g/mol. The third kappa shape index (κ3) is 3.67. The number of amides is 1. The summed E-state index contributed by atoms with van der Waals surface area (Å²) in [6.07, 6.45) is -0.755. The number of aliphatic hydroxyl groups is 1. The number of aryl methyl sites for hydroxylation is 1. The lowest BCUT2D eigenvalue weighted by Gasteiger charge is -2.15. The molecule has 0 aliphatic rings. The number of benzene rings is 2. The smallest absolute Gasteiger partial charge is 0.252 e. The van der Waals surface area contributed by atoms with E-state index in [1.54, 1.807) is 11.3 Å². The maximum absolute atomic E-state index is 13.0. The summed E-state index contributed by atoms with van der Waals surface area (Å²) in [7, 11) is 0. The zero-order valence-electron chi connectivity index (χ0n) is 15.4. The Balaban J connectivity index is 1.62. The van der Waals surface area contributed by atoms with Crippen molar-refractivity contribution in [2.45, 2.75) is 13.0 Å². The van der Waals surface area contributed by atoms with Gasteiger partial charge < -0.3 is 10.4 Å². The molecule has 4 nitrogen and oxygen atoms in total. The predicted molar refractivity (Wildman–Crippen MR) is 114 cm³/mol. The minimum absolute atomic E-state index is 0.147. The zero-order valence-corrected chi connectivity index (χ0v) is 16.2. The first-order valence-corrected chi connectivity index (χ1v) is 9.97. The van der Waals surface area contributed by atoms with Crippen LogP contribution in [0.3, 0.4) is 0 Å². The number of thiophene rings is 1. The molecule has 1 unspecified atom stereocenters. The minimum Gasteiger partial charge on any atom is -0.387 e. The number of fused-ring (bicyclic) bond motifs is 1. The highest BCUT2D eigenvalue weighted by Crippen LogP contribution is 2.28. The normalized spacial score (nSPS) is 12.1. The van der Waals surface area contributed by atoms with Gasteiger partial charge in [0.25, 0.3) is 5.91 Å². The second-order valence-electron chi connectivity index (χ2n) is 6.63. The van der Waals surface area contributed by atoms with E-state index in [1.807, 2.05) is 79.0 Å². The van der Waals surface area contributed by atoms with Crippen LogP contribution in [0.5, 0.6) is 0 Å². The molecule has 1 atom stereocenters. The summed E-state index contributed by atoms with van der Waals surface area (Å²) in [4.78, 5) is 18.7. The molecule has 140 valence electrons. The van der Waals surface area contributed by atoms with Crippen molar-refractivity contribution in [2.75, 3.05) is 6.54 Å². The van der Waals surface area contributed by atoms with Crippen LogP contribution in [0, 0.1) is 6.92 Å². The lowest BCUT2D eigenvalue weighted by atomic mass is 10.0. The van der Waals surface area contributed by atoms with Gasteiger partial charge in [0, 0.05) is 11.9 Å². The second kappa shape index (κ2) is 7.92. The number of para-hydroxylation sites is 1. The molecule has 0 spiro atoms. The van der Waals surface area contributed by atoms with Gasteiger partial charge in [-0.15, -0.1) is 11.3 Å². The van der Waals surface area contributed by atoms with Crippen molar-refractivity contribution >= 4 is 28.1 Å². The molecule has 2 aromatic heterocycles. The highest BCUT2D eigenvalue weighted by atomic mass is 32.1. The molecule has 1 amide bonds. The van der Waals surface area contributed by atoms with Crippen LogP contribution in [-0.2, 0) is 0 Å². The molecule has 0 aliphatic carbocycles. The Labute approximate surface area is 167 Å². The number of nitrogens with one attached hydrogen (secondary N) is 1. The topological polar surface area (TPSA) is 62.2 Å². The van der Waals surface area contributed by atoms with E-state index >= 15 is 0 Å². The SMILES string of the molecule is Cc1ccccc1C(O)CNC(=O)c1cc(-c2cccs2)nc2ccccc12. The minimum atomic E-state index is -0.755. The fourth-order valence-corrected chi connectivity index (χ4v) is 3.96. The van der Waals surface area contributed by atoms with Crippen LogP contribution in [0.2, 0.25) is 0 Å². The summed E-state index contributed by atoms with van der Waals surface area (Å²) in [5.74, 6) is -0.218. The Bertz CT molecular complexity index is 1120. The van der Waals surface area contributed by atoms with Crippen LogP contribution in [0.15, 0.2) is 72.1 Å². The summed E-state index contributed by atoms with van der Waals surface area (Å²) >= 11 is 1.59.